The van der Waals surface area contributed by atoms with Crippen LogP contribution in [0.1, 0.15) is 54.6 Å². The number of aromatic nitrogens is 3. The van der Waals surface area contributed by atoms with Crippen molar-refractivity contribution in [1.82, 2.24) is 20.3 Å². The van der Waals surface area contributed by atoms with Gasteiger partial charge in [-0.1, -0.05) is 25.0 Å². The molecule has 2 bridgehead atoms. The van der Waals surface area contributed by atoms with Crippen LogP contribution in [0.25, 0.3) is 11.1 Å². The normalized spacial score (nSPS) is 26.2. The fourth-order valence-corrected chi connectivity index (χ4v) is 6.59. The van der Waals surface area contributed by atoms with E-state index in [9.17, 15) is 18.0 Å². The molecule has 2 saturated carbocycles. The van der Waals surface area contributed by atoms with Gasteiger partial charge in [-0.2, -0.15) is 13.2 Å². The average Bonchev–Trinajstić information content (AvgIpc) is 3.55. The number of nitrogens with zero attached hydrogens (tertiary/aromatic N) is 4. The minimum atomic E-state index is -4.50. The molecule has 3 aromatic rings. The molecular formula is C29H32F3N7O. The maximum atomic E-state index is 13.0. The molecule has 1 aliphatic heterocycles. The van der Waals surface area contributed by atoms with Crippen LogP contribution >= 0.6 is 0 Å². The van der Waals surface area contributed by atoms with Crippen molar-refractivity contribution >= 4 is 17.5 Å². The summed E-state index contributed by atoms with van der Waals surface area (Å²) >= 11 is 0. The maximum absolute atomic E-state index is 13.0. The summed E-state index contributed by atoms with van der Waals surface area (Å²) in [7, 11) is 0. The molecule has 1 aromatic carbocycles. The maximum Gasteiger partial charge on any atom is 0.434 e. The monoisotopic (exact) mass is 551 g/mol. The Hall–Kier alpha value is -3.73. The van der Waals surface area contributed by atoms with E-state index in [4.69, 9.17) is 5.73 Å². The van der Waals surface area contributed by atoms with Gasteiger partial charge >= 0.3 is 6.18 Å². The second-order valence-electron chi connectivity index (χ2n) is 11.1. The molecule has 0 radical (unpaired) electrons. The summed E-state index contributed by atoms with van der Waals surface area (Å²) < 4.78 is 38.9. The van der Waals surface area contributed by atoms with Crippen molar-refractivity contribution in [2.24, 2.45) is 11.7 Å². The first-order valence-electron chi connectivity index (χ1n) is 13.8. The summed E-state index contributed by atoms with van der Waals surface area (Å²) in [4.78, 5) is 26.1. The number of primary amides is 1. The summed E-state index contributed by atoms with van der Waals surface area (Å²) in [6.07, 6.45) is 5.70. The summed E-state index contributed by atoms with van der Waals surface area (Å²) in [5.41, 5.74) is 6.80. The zero-order valence-electron chi connectivity index (χ0n) is 21.9. The third kappa shape index (κ3) is 5.47. The average molecular weight is 552 g/mol. The second-order valence-corrected chi connectivity index (χ2v) is 11.1. The van der Waals surface area contributed by atoms with Crippen molar-refractivity contribution in [1.29, 1.82) is 0 Å². The Balaban J connectivity index is 1.14. The lowest BCUT2D eigenvalue weighted by atomic mass is 9.89. The second kappa shape index (κ2) is 10.7. The molecule has 3 heterocycles. The Morgan fingerprint density at radius 3 is 2.48 bits per heavy atom. The molecule has 8 nitrogen and oxygen atoms in total. The van der Waals surface area contributed by atoms with Gasteiger partial charge in [0.15, 0.2) is 5.69 Å². The van der Waals surface area contributed by atoms with E-state index in [2.05, 4.69) is 30.5 Å². The highest BCUT2D eigenvalue weighted by Gasteiger charge is 2.47. The smallest absolute Gasteiger partial charge is 0.366 e. The number of pyridine rings is 1. The van der Waals surface area contributed by atoms with E-state index < -0.39 is 17.8 Å². The zero-order valence-corrected chi connectivity index (χ0v) is 21.9. The minimum absolute atomic E-state index is 0.178. The van der Waals surface area contributed by atoms with Gasteiger partial charge in [-0.15, -0.1) is 0 Å². The van der Waals surface area contributed by atoms with Crippen molar-refractivity contribution in [2.45, 2.75) is 68.9 Å². The van der Waals surface area contributed by atoms with Gasteiger partial charge in [0.05, 0.1) is 12.4 Å². The SMILES string of the molecule is NC(=O)c1cccc(-c2ccnc(N[C@@H]3CCCC[C@H]3N[C@H]3C[C@@H]4C[C@H]3N(c3cnc(C(F)(F)F)cn3)C4)c2)c1. The molecular weight excluding hydrogens is 519 g/mol. The molecule has 4 N–H and O–H groups in total. The van der Waals surface area contributed by atoms with E-state index in [1.54, 1.807) is 18.3 Å². The minimum Gasteiger partial charge on any atom is -0.366 e. The molecule has 0 unspecified atom stereocenters. The number of fused-ring (bicyclic) bond motifs is 2. The number of carbonyl (C=O) groups excluding carboxylic acids is 1. The Labute approximate surface area is 230 Å². The van der Waals surface area contributed by atoms with Gasteiger partial charge in [-0.3, -0.25) is 4.79 Å². The molecule has 2 aliphatic carbocycles. The Bertz CT molecular complexity index is 1370. The van der Waals surface area contributed by atoms with Crippen LogP contribution < -0.4 is 21.3 Å². The number of hydrogen-bond donors (Lipinski definition) is 3. The van der Waals surface area contributed by atoms with Gasteiger partial charge in [0.2, 0.25) is 5.91 Å². The van der Waals surface area contributed by atoms with Crippen LogP contribution in [-0.2, 0) is 6.18 Å². The van der Waals surface area contributed by atoms with Gasteiger partial charge < -0.3 is 21.3 Å². The molecule has 0 spiro atoms. The first-order valence-corrected chi connectivity index (χ1v) is 13.8. The van der Waals surface area contributed by atoms with Crippen LogP contribution in [0.4, 0.5) is 24.8 Å². The highest BCUT2D eigenvalue weighted by atomic mass is 19.4. The molecule has 5 atom stereocenters. The molecule has 1 saturated heterocycles. The van der Waals surface area contributed by atoms with E-state index in [0.717, 1.165) is 68.2 Å². The van der Waals surface area contributed by atoms with E-state index in [-0.39, 0.29) is 24.2 Å². The summed E-state index contributed by atoms with van der Waals surface area (Å²) in [6, 6.07) is 12.0. The van der Waals surface area contributed by atoms with Gasteiger partial charge in [-0.25, -0.2) is 15.0 Å². The van der Waals surface area contributed by atoms with Crippen LogP contribution in [0.15, 0.2) is 55.0 Å². The van der Waals surface area contributed by atoms with E-state index in [1.165, 1.54) is 6.20 Å². The number of hydrogen-bond acceptors (Lipinski definition) is 7. The van der Waals surface area contributed by atoms with Crippen LogP contribution in [0.5, 0.6) is 0 Å². The molecule has 11 heteroatoms. The third-order valence-corrected chi connectivity index (χ3v) is 8.47. The number of rotatable bonds is 7. The Kier molecular flexibility index (Phi) is 7.07. The lowest BCUT2D eigenvalue weighted by molar-refractivity contribution is -0.141. The van der Waals surface area contributed by atoms with Crippen molar-refractivity contribution in [2.75, 3.05) is 16.8 Å². The number of halogens is 3. The molecule has 3 fully saturated rings. The summed E-state index contributed by atoms with van der Waals surface area (Å²) in [6.45, 7) is 0.795. The van der Waals surface area contributed by atoms with Crippen molar-refractivity contribution in [3.05, 3.63) is 66.2 Å². The predicted molar refractivity (Wildman–Crippen MR) is 146 cm³/mol. The number of amides is 1. The lowest BCUT2D eigenvalue weighted by Crippen LogP contribution is -2.56. The fourth-order valence-electron chi connectivity index (χ4n) is 6.59. The van der Waals surface area contributed by atoms with Crippen molar-refractivity contribution in [3.63, 3.8) is 0 Å². The van der Waals surface area contributed by atoms with Crippen molar-refractivity contribution < 1.29 is 18.0 Å². The van der Waals surface area contributed by atoms with Gasteiger partial charge in [-0.05, 0) is 67.0 Å². The zero-order chi connectivity index (χ0) is 27.9. The molecule has 6 rings (SSSR count). The topological polar surface area (TPSA) is 109 Å². The number of alkyl halides is 3. The quantitative estimate of drug-likeness (QED) is 0.393. The lowest BCUT2D eigenvalue weighted by Gasteiger charge is -2.40. The molecule has 3 aliphatic rings. The van der Waals surface area contributed by atoms with E-state index in [0.29, 0.717) is 17.3 Å². The number of nitrogens with two attached hydrogens (primary N) is 1. The van der Waals surface area contributed by atoms with E-state index >= 15 is 0 Å². The number of nitrogens with one attached hydrogen (secondary N) is 2. The van der Waals surface area contributed by atoms with Gasteiger partial charge in [0, 0.05) is 42.5 Å². The number of benzene rings is 1. The Morgan fingerprint density at radius 1 is 0.950 bits per heavy atom. The Morgan fingerprint density at radius 2 is 1.75 bits per heavy atom. The van der Waals surface area contributed by atoms with Crippen LogP contribution in [0.3, 0.4) is 0 Å². The third-order valence-electron chi connectivity index (χ3n) is 8.47. The first-order chi connectivity index (χ1) is 19.2. The highest BCUT2D eigenvalue weighted by Crippen LogP contribution is 2.41. The van der Waals surface area contributed by atoms with Crippen LogP contribution in [0.2, 0.25) is 0 Å². The van der Waals surface area contributed by atoms with Gasteiger partial charge in [0.1, 0.15) is 11.6 Å². The van der Waals surface area contributed by atoms with E-state index in [1.807, 2.05) is 24.3 Å². The predicted octanol–water partition coefficient (Wildman–Crippen LogP) is 4.64. The first kappa shape index (κ1) is 26.5. The van der Waals surface area contributed by atoms with Crippen LogP contribution in [0, 0.1) is 5.92 Å². The standard InChI is InChI=1S/C29H32F3N7O/c30-29(31,32)25-14-36-27(15-35-25)39-16-17-10-23(24(39)11-17)37-21-6-1-2-7-22(21)38-26-13-19(8-9-34-26)18-4-3-5-20(12-18)28(33)40/h3-5,8-9,12-15,17,21-24,37H,1-2,6-7,10-11,16H2,(H2,33,40)(H,34,38)/t17-,21-,22-,23+,24-/m1/s1. The highest BCUT2D eigenvalue weighted by molar-refractivity contribution is 5.94. The largest absolute Gasteiger partial charge is 0.434 e. The number of piperidine rings is 1. The van der Waals surface area contributed by atoms with Crippen LogP contribution in [-0.4, -0.2) is 51.6 Å². The number of carbonyl (C=O) groups is 1. The fraction of sp³-hybridized carbons (Fsp3) is 0.448. The summed E-state index contributed by atoms with van der Waals surface area (Å²) in [5, 5.41) is 7.56. The summed E-state index contributed by atoms with van der Waals surface area (Å²) in [5.74, 6) is 1.30. The number of anilines is 2. The molecule has 40 heavy (non-hydrogen) atoms. The molecule has 1 amide bonds. The molecule has 210 valence electrons. The van der Waals surface area contributed by atoms with Gasteiger partial charge in [0.25, 0.3) is 0 Å². The van der Waals surface area contributed by atoms with Crippen molar-refractivity contribution in [3.8, 4) is 11.1 Å². The molecule has 2 aromatic heterocycles.